The first-order valence-electron chi connectivity index (χ1n) is 6.39. The molecule has 0 bridgehead atoms. The molecule has 0 radical (unpaired) electrons. The molecule has 0 N–H and O–H groups in total. The second-order valence-electron chi connectivity index (χ2n) is 4.65. The van der Waals surface area contributed by atoms with Crippen molar-refractivity contribution in [2.45, 2.75) is 19.4 Å². The van der Waals surface area contributed by atoms with E-state index in [1.807, 2.05) is 6.07 Å². The van der Waals surface area contributed by atoms with Crippen LogP contribution in [0.2, 0.25) is 0 Å². The molecule has 6 heteroatoms. The summed E-state index contributed by atoms with van der Waals surface area (Å²) in [6.07, 6.45) is 0.256. The summed E-state index contributed by atoms with van der Waals surface area (Å²) < 4.78 is 13.7. The fourth-order valence-electron chi connectivity index (χ4n) is 1.78. The minimum absolute atomic E-state index is 0.193. The van der Waals surface area contributed by atoms with Crippen LogP contribution < -0.4 is 0 Å². The topological polar surface area (TPSA) is 57.0 Å². The van der Waals surface area contributed by atoms with Crippen LogP contribution in [0.1, 0.15) is 23.8 Å². The highest BCUT2D eigenvalue weighted by Gasteiger charge is 2.20. The van der Waals surface area contributed by atoms with Crippen LogP contribution in [-0.2, 0) is 0 Å². The summed E-state index contributed by atoms with van der Waals surface area (Å²) in [5.74, 6) is -0.631. The lowest BCUT2D eigenvalue weighted by Gasteiger charge is -2.21. The summed E-state index contributed by atoms with van der Waals surface area (Å²) in [5, 5.41) is 10.8. The molecule has 0 spiro atoms. The number of amides is 1. The van der Waals surface area contributed by atoms with E-state index in [9.17, 15) is 9.18 Å². The third kappa shape index (κ3) is 3.26. The van der Waals surface area contributed by atoms with E-state index in [0.29, 0.717) is 10.6 Å². The molecule has 2 aromatic rings. The number of aromatic nitrogens is 1. The van der Waals surface area contributed by atoms with Crippen molar-refractivity contribution in [1.82, 2.24) is 9.88 Å². The maximum Gasteiger partial charge on any atom is 0.273 e. The number of carbonyl (C=O) groups excluding carboxylic acids is 1. The van der Waals surface area contributed by atoms with Gasteiger partial charge in [0.15, 0.2) is 0 Å². The lowest BCUT2D eigenvalue weighted by Crippen LogP contribution is -2.35. The molecule has 2 rings (SSSR count). The molecule has 0 aliphatic rings. The normalized spacial score (nSPS) is 11.7. The Kier molecular flexibility index (Phi) is 4.66. The number of nitriles is 1. The van der Waals surface area contributed by atoms with Crippen LogP contribution in [0.15, 0.2) is 29.6 Å². The molecular formula is C15H14FN3OS. The molecule has 21 heavy (non-hydrogen) atoms. The molecule has 4 nitrogen and oxygen atoms in total. The van der Waals surface area contributed by atoms with E-state index in [2.05, 4.69) is 4.98 Å². The van der Waals surface area contributed by atoms with Gasteiger partial charge in [-0.25, -0.2) is 9.37 Å². The molecule has 108 valence electrons. The van der Waals surface area contributed by atoms with E-state index in [4.69, 9.17) is 5.26 Å². The Bertz CT molecular complexity index is 692. The first-order valence-corrected chi connectivity index (χ1v) is 7.27. The van der Waals surface area contributed by atoms with Crippen LogP contribution >= 0.6 is 11.3 Å². The molecule has 0 aliphatic carbocycles. The van der Waals surface area contributed by atoms with Gasteiger partial charge in [0, 0.05) is 24.0 Å². The van der Waals surface area contributed by atoms with Crippen molar-refractivity contribution in [3.05, 3.63) is 41.2 Å². The van der Waals surface area contributed by atoms with Crippen LogP contribution in [0.4, 0.5) is 4.39 Å². The molecule has 0 saturated carbocycles. The molecular weight excluding hydrogens is 289 g/mol. The van der Waals surface area contributed by atoms with Crippen molar-refractivity contribution < 1.29 is 9.18 Å². The van der Waals surface area contributed by atoms with Gasteiger partial charge >= 0.3 is 0 Å². The van der Waals surface area contributed by atoms with E-state index < -0.39 is 0 Å². The van der Waals surface area contributed by atoms with Gasteiger partial charge in [-0.3, -0.25) is 4.79 Å². The molecule has 1 unspecified atom stereocenters. The summed E-state index contributed by atoms with van der Waals surface area (Å²) in [5.41, 5.74) is 0.653. The van der Waals surface area contributed by atoms with Gasteiger partial charge in [0.2, 0.25) is 0 Å². The third-order valence-electron chi connectivity index (χ3n) is 3.20. The lowest BCUT2D eigenvalue weighted by atomic mass is 10.2. The molecule has 1 amide bonds. The van der Waals surface area contributed by atoms with Crippen molar-refractivity contribution in [2.75, 3.05) is 7.05 Å². The Morgan fingerprint density at radius 2 is 2.24 bits per heavy atom. The zero-order valence-electron chi connectivity index (χ0n) is 11.7. The van der Waals surface area contributed by atoms with Crippen molar-refractivity contribution in [3.63, 3.8) is 0 Å². The number of benzene rings is 1. The van der Waals surface area contributed by atoms with Gasteiger partial charge in [-0.2, -0.15) is 5.26 Å². The monoisotopic (exact) mass is 303 g/mol. The molecule has 0 saturated heterocycles. The maximum atomic E-state index is 13.7. The van der Waals surface area contributed by atoms with Gasteiger partial charge in [-0.05, 0) is 19.1 Å². The molecule has 1 atom stereocenters. The average Bonchev–Trinajstić information content (AvgIpc) is 2.96. The van der Waals surface area contributed by atoms with Crippen LogP contribution in [0.3, 0.4) is 0 Å². The van der Waals surface area contributed by atoms with E-state index in [1.165, 1.54) is 22.3 Å². The Morgan fingerprint density at radius 3 is 2.90 bits per heavy atom. The largest absolute Gasteiger partial charge is 0.337 e. The number of rotatable bonds is 4. The van der Waals surface area contributed by atoms with Crippen LogP contribution in [0.5, 0.6) is 0 Å². The third-order valence-corrected chi connectivity index (χ3v) is 4.07. The molecule has 1 heterocycles. The van der Waals surface area contributed by atoms with E-state index >= 15 is 0 Å². The predicted molar refractivity (Wildman–Crippen MR) is 79.3 cm³/mol. The fraction of sp³-hybridized carbons (Fsp3) is 0.267. The Labute approximate surface area is 126 Å². The maximum absolute atomic E-state index is 13.7. The predicted octanol–water partition coefficient (Wildman–Crippen LogP) is 3.32. The Morgan fingerprint density at radius 1 is 1.52 bits per heavy atom. The van der Waals surface area contributed by atoms with Crippen molar-refractivity contribution in [1.29, 1.82) is 5.26 Å². The fourth-order valence-corrected chi connectivity index (χ4v) is 2.60. The number of nitrogens with zero attached hydrogens (tertiary/aromatic N) is 3. The standard InChI is InChI=1S/C15H14FN3OS/c1-10(7-8-17)19(2)15(20)13-9-21-14(18-13)11-5-3-4-6-12(11)16/h3-6,9-10H,7H2,1-2H3. The molecule has 1 aromatic heterocycles. The van der Waals surface area contributed by atoms with Gasteiger partial charge in [-0.1, -0.05) is 12.1 Å². The first-order chi connectivity index (χ1) is 10.0. The smallest absolute Gasteiger partial charge is 0.273 e. The highest BCUT2D eigenvalue weighted by Crippen LogP contribution is 2.26. The minimum atomic E-state index is -0.364. The van der Waals surface area contributed by atoms with Gasteiger partial charge < -0.3 is 4.90 Å². The van der Waals surface area contributed by atoms with E-state index in [0.717, 1.165) is 0 Å². The first kappa shape index (κ1) is 15.1. The number of carbonyl (C=O) groups is 1. The van der Waals surface area contributed by atoms with E-state index in [1.54, 1.807) is 37.6 Å². The van der Waals surface area contributed by atoms with Crippen molar-refractivity contribution >= 4 is 17.2 Å². The minimum Gasteiger partial charge on any atom is -0.337 e. The SMILES string of the molecule is CC(CC#N)N(C)C(=O)c1csc(-c2ccccc2F)n1. The van der Waals surface area contributed by atoms with Crippen molar-refractivity contribution in [2.24, 2.45) is 0 Å². The summed E-state index contributed by atoms with van der Waals surface area (Å²) in [7, 11) is 1.63. The van der Waals surface area contributed by atoms with E-state index in [-0.39, 0.29) is 29.9 Å². The van der Waals surface area contributed by atoms with Gasteiger partial charge in [-0.15, -0.1) is 11.3 Å². The van der Waals surface area contributed by atoms with Crippen LogP contribution in [0, 0.1) is 17.1 Å². The highest BCUT2D eigenvalue weighted by molar-refractivity contribution is 7.13. The van der Waals surface area contributed by atoms with Crippen LogP contribution in [-0.4, -0.2) is 28.9 Å². The van der Waals surface area contributed by atoms with Gasteiger partial charge in [0.1, 0.15) is 16.5 Å². The second-order valence-corrected chi connectivity index (χ2v) is 5.50. The highest BCUT2D eigenvalue weighted by atomic mass is 32.1. The Hall–Kier alpha value is -2.26. The molecule has 1 aromatic carbocycles. The van der Waals surface area contributed by atoms with Gasteiger partial charge in [0.05, 0.1) is 12.5 Å². The summed E-state index contributed by atoms with van der Waals surface area (Å²) in [6, 6.07) is 8.16. The molecule has 0 aliphatic heterocycles. The number of hydrogen-bond acceptors (Lipinski definition) is 4. The number of thiazole rings is 1. The number of halogens is 1. The lowest BCUT2D eigenvalue weighted by molar-refractivity contribution is 0.0741. The summed E-state index contributed by atoms with van der Waals surface area (Å²) in [6.45, 7) is 1.80. The zero-order chi connectivity index (χ0) is 15.4. The quantitative estimate of drug-likeness (QED) is 0.870. The summed E-state index contributed by atoms with van der Waals surface area (Å²) in [4.78, 5) is 17.9. The van der Waals surface area contributed by atoms with Crippen molar-refractivity contribution in [3.8, 4) is 16.6 Å². The number of hydrogen-bond donors (Lipinski definition) is 0. The second kappa shape index (κ2) is 6.46. The Balaban J connectivity index is 2.23. The van der Waals surface area contributed by atoms with Crippen LogP contribution in [0.25, 0.3) is 10.6 Å². The van der Waals surface area contributed by atoms with Gasteiger partial charge in [0.25, 0.3) is 5.91 Å². The zero-order valence-corrected chi connectivity index (χ0v) is 12.5. The molecule has 0 fully saturated rings. The summed E-state index contributed by atoms with van der Waals surface area (Å²) >= 11 is 1.22. The average molecular weight is 303 g/mol.